The number of carbonyl (C=O) groups is 2. The van der Waals surface area contributed by atoms with E-state index in [0.717, 1.165) is 69.8 Å². The molecule has 0 spiro atoms. The average Bonchev–Trinajstić information content (AvgIpc) is 3.01. The minimum Gasteiger partial charge on any atom is -0.467 e. The van der Waals surface area contributed by atoms with Gasteiger partial charge in [-0.1, -0.05) is 83.5 Å². The number of aliphatic hydroxyl groups excluding tert-OH is 2. The molecule has 0 aromatic heterocycles. The molecule has 0 saturated heterocycles. The van der Waals surface area contributed by atoms with E-state index in [1.165, 1.54) is 12.7 Å². The smallest absolute Gasteiger partial charge is 0.333 e. The van der Waals surface area contributed by atoms with E-state index >= 15 is 0 Å². The zero-order chi connectivity index (χ0) is 32.6. The summed E-state index contributed by atoms with van der Waals surface area (Å²) in [5.41, 5.74) is 1.37. The molecular weight excluding hydrogens is 562 g/mol. The van der Waals surface area contributed by atoms with Gasteiger partial charge in [0.1, 0.15) is 0 Å². The van der Waals surface area contributed by atoms with E-state index < -0.39 is 28.9 Å². The molecule has 6 heteroatoms. The third-order valence-electron chi connectivity index (χ3n) is 15.1. The lowest BCUT2D eigenvalue weighted by atomic mass is 9.33. The van der Waals surface area contributed by atoms with Crippen molar-refractivity contribution >= 4 is 11.9 Å². The van der Waals surface area contributed by atoms with Crippen LogP contribution in [0.15, 0.2) is 42.0 Å². The van der Waals surface area contributed by atoms with Crippen LogP contribution in [0.3, 0.4) is 0 Å². The monoisotopic (exact) mass is 619 g/mol. The summed E-state index contributed by atoms with van der Waals surface area (Å²) in [6, 6.07) is 8.63. The van der Waals surface area contributed by atoms with E-state index in [1.807, 2.05) is 30.3 Å². The lowest BCUT2D eigenvalue weighted by Crippen LogP contribution is -2.66. The number of carbonyl (C=O) groups excluding carboxylic acids is 2. The van der Waals surface area contributed by atoms with E-state index in [2.05, 4.69) is 52.9 Å². The third-order valence-corrected chi connectivity index (χ3v) is 15.1. The quantitative estimate of drug-likeness (QED) is 0.240. The molecule has 3 N–H and O–H groups in total. The van der Waals surface area contributed by atoms with Crippen LogP contribution >= 0.6 is 0 Å². The lowest BCUT2D eigenvalue weighted by molar-refractivity contribution is -0.215. The summed E-state index contributed by atoms with van der Waals surface area (Å²) < 4.78 is 5.18. The van der Waals surface area contributed by atoms with E-state index in [4.69, 9.17) is 4.74 Å². The van der Waals surface area contributed by atoms with E-state index in [9.17, 15) is 19.8 Å². The molecule has 1 aromatic carbocycles. The van der Waals surface area contributed by atoms with E-state index in [-0.39, 0.29) is 46.0 Å². The molecule has 0 radical (unpaired) electrons. The second-order valence-electron chi connectivity index (χ2n) is 17.4. The number of benzene rings is 1. The van der Waals surface area contributed by atoms with Gasteiger partial charge in [0.2, 0.25) is 5.91 Å². The van der Waals surface area contributed by atoms with Crippen LogP contribution in [0.2, 0.25) is 0 Å². The second kappa shape index (κ2) is 10.9. The normalized spacial score (nSPS) is 44.2. The molecular formula is C39H57NO5. The molecule has 5 aliphatic carbocycles. The number of fused-ring (bicyclic) bond motifs is 7. The van der Waals surface area contributed by atoms with Gasteiger partial charge in [0.05, 0.1) is 25.2 Å². The highest BCUT2D eigenvalue weighted by Gasteiger charge is 2.69. The average molecular weight is 620 g/mol. The van der Waals surface area contributed by atoms with Gasteiger partial charge in [-0.25, -0.2) is 4.79 Å². The van der Waals surface area contributed by atoms with Gasteiger partial charge in [0, 0.05) is 5.41 Å². The predicted octanol–water partition coefficient (Wildman–Crippen LogP) is 7.15. The maximum Gasteiger partial charge on any atom is 0.333 e. The molecule has 4 fully saturated rings. The number of methoxy groups -OCH3 is 1. The van der Waals surface area contributed by atoms with Crippen LogP contribution in [0.4, 0.5) is 0 Å². The molecule has 6 rings (SSSR count). The van der Waals surface area contributed by atoms with Crippen LogP contribution in [-0.2, 0) is 14.3 Å². The second-order valence-corrected chi connectivity index (χ2v) is 17.4. The Hall–Kier alpha value is -2.18. The molecule has 1 aromatic rings. The van der Waals surface area contributed by atoms with Crippen molar-refractivity contribution in [2.75, 3.05) is 13.7 Å². The highest BCUT2D eigenvalue weighted by atomic mass is 16.5. The summed E-state index contributed by atoms with van der Waals surface area (Å²) in [6.07, 6.45) is 11.4. The topological polar surface area (TPSA) is 95.9 Å². The first-order chi connectivity index (χ1) is 21.1. The maximum atomic E-state index is 14.7. The van der Waals surface area contributed by atoms with Crippen molar-refractivity contribution in [2.45, 2.75) is 118 Å². The van der Waals surface area contributed by atoms with Crippen molar-refractivity contribution in [3.05, 3.63) is 47.5 Å². The number of nitrogens with one attached hydrogen (secondary N) is 1. The fraction of sp³-hybridized carbons (Fsp3) is 0.744. The Morgan fingerprint density at radius 1 is 0.933 bits per heavy atom. The van der Waals surface area contributed by atoms with Gasteiger partial charge >= 0.3 is 5.97 Å². The Morgan fingerprint density at radius 3 is 2.29 bits per heavy atom. The molecule has 0 heterocycles. The number of hydrogen-bond acceptors (Lipinski definition) is 5. The van der Waals surface area contributed by atoms with Crippen molar-refractivity contribution in [3.63, 3.8) is 0 Å². The van der Waals surface area contributed by atoms with Crippen LogP contribution in [0.1, 0.15) is 117 Å². The number of ether oxygens (including phenoxy) is 1. The number of amides is 1. The van der Waals surface area contributed by atoms with Crippen LogP contribution in [0, 0.1) is 50.2 Å². The van der Waals surface area contributed by atoms with Gasteiger partial charge in [-0.05, 0) is 109 Å². The van der Waals surface area contributed by atoms with Gasteiger partial charge < -0.3 is 20.3 Å². The first kappa shape index (κ1) is 32.7. The summed E-state index contributed by atoms with van der Waals surface area (Å²) >= 11 is 0. The summed E-state index contributed by atoms with van der Waals surface area (Å²) in [5.74, 6) is 0.409. The fourth-order valence-electron chi connectivity index (χ4n) is 12.0. The van der Waals surface area contributed by atoms with Crippen molar-refractivity contribution < 1.29 is 24.5 Å². The number of hydrogen-bond donors (Lipinski definition) is 3. The van der Waals surface area contributed by atoms with Crippen molar-refractivity contribution in [2.24, 2.45) is 50.2 Å². The molecule has 45 heavy (non-hydrogen) atoms. The Kier molecular flexibility index (Phi) is 7.96. The molecule has 1 unspecified atom stereocenters. The highest BCUT2D eigenvalue weighted by Crippen LogP contribution is 2.75. The standard InChI is InChI=1S/C39H57NO5/c1-34(2)19-21-39(33(44)40-31(32(43)45-7)25-11-9-8-10-12-25)22-20-37(5)26(27(39)23-34)13-14-29-35(3)17-16-30(42)36(4,24-41)28(35)15-18-38(29,37)6/h8-13,27-31,41-42H,14-24H2,1-7H3,(H,40,44)/t27-,28+,29+,30-,31?,35-,36-,37+,38+,39-/m0/s1. The van der Waals surface area contributed by atoms with Gasteiger partial charge in [0.15, 0.2) is 6.04 Å². The minimum atomic E-state index is -0.832. The summed E-state index contributed by atoms with van der Waals surface area (Å²) in [5, 5.41) is 24.9. The Bertz CT molecular complexity index is 1360. The Labute approximate surface area is 270 Å². The van der Waals surface area contributed by atoms with Crippen LogP contribution in [0.5, 0.6) is 0 Å². The van der Waals surface area contributed by atoms with E-state index in [1.54, 1.807) is 0 Å². The molecule has 1 amide bonds. The highest BCUT2D eigenvalue weighted by molar-refractivity contribution is 5.89. The largest absolute Gasteiger partial charge is 0.467 e. The maximum absolute atomic E-state index is 14.7. The molecule has 248 valence electrons. The molecule has 5 aliphatic rings. The van der Waals surface area contributed by atoms with Crippen molar-refractivity contribution in [1.82, 2.24) is 5.32 Å². The molecule has 10 atom stereocenters. The number of esters is 1. The minimum absolute atomic E-state index is 0.00636. The zero-order valence-electron chi connectivity index (χ0n) is 28.7. The predicted molar refractivity (Wildman–Crippen MR) is 176 cm³/mol. The third kappa shape index (κ3) is 4.62. The van der Waals surface area contributed by atoms with Crippen LogP contribution < -0.4 is 5.32 Å². The van der Waals surface area contributed by atoms with E-state index in [0.29, 0.717) is 5.92 Å². The van der Waals surface area contributed by atoms with Crippen LogP contribution in [-0.4, -0.2) is 41.9 Å². The van der Waals surface area contributed by atoms with Gasteiger partial charge in [-0.3, -0.25) is 4.79 Å². The number of rotatable bonds is 5. The van der Waals surface area contributed by atoms with Gasteiger partial charge in [0.25, 0.3) is 0 Å². The van der Waals surface area contributed by atoms with Crippen molar-refractivity contribution in [3.8, 4) is 0 Å². The van der Waals surface area contributed by atoms with Gasteiger partial charge in [-0.15, -0.1) is 0 Å². The molecule has 0 bridgehead atoms. The number of aliphatic hydroxyl groups is 2. The first-order valence-electron chi connectivity index (χ1n) is 17.6. The molecule has 4 saturated carbocycles. The first-order valence-corrected chi connectivity index (χ1v) is 17.6. The SMILES string of the molecule is COC(=O)C(NC(=O)[C@]12CCC(C)(C)C[C@H]1C1=CC[C@@H]3[C@@]4(C)CC[C@H](O)[C@@](C)(CO)[C@@H]4CC[C@@]3(C)[C@]1(C)CC2)c1ccccc1. The Morgan fingerprint density at radius 2 is 1.62 bits per heavy atom. The lowest BCUT2D eigenvalue weighted by Gasteiger charge is -2.71. The summed E-state index contributed by atoms with van der Waals surface area (Å²) in [7, 11) is 1.38. The van der Waals surface area contributed by atoms with Gasteiger partial charge in [-0.2, -0.15) is 0 Å². The summed E-state index contributed by atoms with van der Waals surface area (Å²) in [6.45, 7) is 14.3. The molecule has 0 aliphatic heterocycles. The molecule has 6 nitrogen and oxygen atoms in total. The van der Waals surface area contributed by atoms with Crippen LogP contribution in [0.25, 0.3) is 0 Å². The fourth-order valence-corrected chi connectivity index (χ4v) is 12.0. The number of allylic oxidation sites excluding steroid dienone is 2. The zero-order valence-corrected chi connectivity index (χ0v) is 28.7. The Balaban J connectivity index is 1.39. The summed E-state index contributed by atoms with van der Waals surface area (Å²) in [4.78, 5) is 27.7. The van der Waals surface area contributed by atoms with Crippen molar-refractivity contribution in [1.29, 1.82) is 0 Å².